The summed E-state index contributed by atoms with van der Waals surface area (Å²) in [5.74, 6) is 0.0367. The van der Waals surface area contributed by atoms with Crippen molar-refractivity contribution in [1.82, 2.24) is 10.2 Å². The Morgan fingerprint density at radius 3 is 2.87 bits per heavy atom. The molecule has 4 nitrogen and oxygen atoms in total. The average molecular weight is 321 g/mol. The lowest BCUT2D eigenvalue weighted by molar-refractivity contribution is -0.115. The van der Waals surface area contributed by atoms with E-state index in [1.54, 1.807) is 6.20 Å². The standard InChI is InChI=1S/C18H15N3OS/c22-17-16(10-9-12-5-2-4-8-15(12)20-17)23-18-14-7-3-1-6-13(14)11-19-21-18/h1-8,11,16H,9-10H2,(H,20,22)/t16-/m0/s1. The van der Waals surface area contributed by atoms with Crippen LogP contribution in [-0.2, 0) is 11.2 Å². The van der Waals surface area contributed by atoms with Gasteiger partial charge in [0.05, 0.1) is 11.4 Å². The van der Waals surface area contributed by atoms with Crippen LogP contribution in [0.5, 0.6) is 0 Å². The lowest BCUT2D eigenvalue weighted by Crippen LogP contribution is -2.23. The molecule has 0 unspecified atom stereocenters. The molecule has 0 saturated heterocycles. The SMILES string of the molecule is O=C1Nc2ccccc2CC[C@@H]1Sc1nncc2ccccc12. The molecule has 1 aliphatic heterocycles. The van der Waals surface area contributed by atoms with E-state index in [1.807, 2.05) is 42.5 Å². The van der Waals surface area contributed by atoms with Crippen molar-refractivity contribution in [2.24, 2.45) is 0 Å². The number of hydrogen-bond donors (Lipinski definition) is 1. The van der Waals surface area contributed by atoms with Crippen LogP contribution in [0, 0.1) is 0 Å². The van der Waals surface area contributed by atoms with Crippen molar-refractivity contribution in [3.05, 3.63) is 60.3 Å². The number of thioether (sulfide) groups is 1. The Morgan fingerprint density at radius 2 is 1.91 bits per heavy atom. The van der Waals surface area contributed by atoms with E-state index in [1.165, 1.54) is 17.3 Å². The van der Waals surface area contributed by atoms with Gasteiger partial charge in [-0.15, -0.1) is 5.10 Å². The summed E-state index contributed by atoms with van der Waals surface area (Å²) in [5, 5.41) is 14.1. The van der Waals surface area contributed by atoms with E-state index in [9.17, 15) is 4.79 Å². The summed E-state index contributed by atoms with van der Waals surface area (Å²) in [6.45, 7) is 0. The number of aryl methyl sites for hydroxylation is 1. The van der Waals surface area contributed by atoms with E-state index < -0.39 is 0 Å². The second-order valence-electron chi connectivity index (χ2n) is 5.53. The molecule has 0 saturated carbocycles. The molecule has 23 heavy (non-hydrogen) atoms. The quantitative estimate of drug-likeness (QED) is 0.782. The zero-order chi connectivity index (χ0) is 15.6. The number of fused-ring (bicyclic) bond motifs is 2. The van der Waals surface area contributed by atoms with Crippen molar-refractivity contribution >= 4 is 34.1 Å². The molecule has 0 spiro atoms. The molecule has 1 aromatic heterocycles. The minimum atomic E-state index is -0.164. The maximum atomic E-state index is 12.5. The first-order valence-corrected chi connectivity index (χ1v) is 8.45. The number of aromatic nitrogens is 2. The third-order valence-corrected chi connectivity index (χ3v) is 5.29. The zero-order valence-corrected chi connectivity index (χ0v) is 13.2. The van der Waals surface area contributed by atoms with Crippen molar-refractivity contribution in [2.45, 2.75) is 23.1 Å². The second-order valence-corrected chi connectivity index (χ2v) is 6.72. The predicted molar refractivity (Wildman–Crippen MR) is 92.6 cm³/mol. The number of carbonyl (C=O) groups excluding carboxylic acids is 1. The fourth-order valence-electron chi connectivity index (χ4n) is 2.83. The van der Waals surface area contributed by atoms with E-state index in [2.05, 4.69) is 21.6 Å². The maximum absolute atomic E-state index is 12.5. The molecule has 1 amide bonds. The first-order valence-electron chi connectivity index (χ1n) is 7.57. The van der Waals surface area contributed by atoms with Crippen LogP contribution in [0.25, 0.3) is 10.8 Å². The van der Waals surface area contributed by atoms with E-state index in [4.69, 9.17) is 0 Å². The van der Waals surface area contributed by atoms with Gasteiger partial charge in [-0.05, 0) is 24.5 Å². The van der Waals surface area contributed by atoms with Crippen LogP contribution in [0.2, 0.25) is 0 Å². The topological polar surface area (TPSA) is 54.9 Å². The Morgan fingerprint density at radius 1 is 1.09 bits per heavy atom. The van der Waals surface area contributed by atoms with Gasteiger partial charge in [-0.3, -0.25) is 4.79 Å². The van der Waals surface area contributed by atoms with Crippen molar-refractivity contribution < 1.29 is 4.79 Å². The van der Waals surface area contributed by atoms with E-state index in [0.717, 1.165) is 34.3 Å². The van der Waals surface area contributed by atoms with E-state index in [0.29, 0.717) is 0 Å². The highest BCUT2D eigenvalue weighted by atomic mass is 32.2. The van der Waals surface area contributed by atoms with Gasteiger partial charge in [-0.1, -0.05) is 54.2 Å². The molecule has 0 radical (unpaired) electrons. The number of nitrogens with one attached hydrogen (secondary N) is 1. The van der Waals surface area contributed by atoms with Gasteiger partial charge in [0, 0.05) is 16.5 Å². The minimum absolute atomic E-state index is 0.0367. The number of nitrogens with zero attached hydrogens (tertiary/aromatic N) is 2. The maximum Gasteiger partial charge on any atom is 0.237 e. The number of hydrogen-bond acceptors (Lipinski definition) is 4. The summed E-state index contributed by atoms with van der Waals surface area (Å²) >= 11 is 1.50. The number of amides is 1. The highest BCUT2D eigenvalue weighted by Crippen LogP contribution is 2.33. The Kier molecular flexibility index (Phi) is 3.71. The number of rotatable bonds is 2. The third-order valence-electron chi connectivity index (χ3n) is 4.03. The average Bonchev–Trinajstić information content (AvgIpc) is 2.74. The van der Waals surface area contributed by atoms with Crippen LogP contribution in [-0.4, -0.2) is 21.4 Å². The van der Waals surface area contributed by atoms with Crippen LogP contribution in [0.15, 0.2) is 59.8 Å². The van der Waals surface area contributed by atoms with Crippen molar-refractivity contribution in [2.75, 3.05) is 5.32 Å². The third kappa shape index (κ3) is 2.80. The van der Waals surface area contributed by atoms with Gasteiger partial charge in [0.15, 0.2) is 0 Å². The molecule has 0 fully saturated rings. The van der Waals surface area contributed by atoms with Crippen molar-refractivity contribution in [1.29, 1.82) is 0 Å². The van der Waals surface area contributed by atoms with Gasteiger partial charge in [0.25, 0.3) is 0 Å². The first-order chi connectivity index (χ1) is 11.3. The molecule has 3 aromatic rings. The Hall–Kier alpha value is -2.40. The summed E-state index contributed by atoms with van der Waals surface area (Å²) in [6.07, 6.45) is 3.42. The summed E-state index contributed by atoms with van der Waals surface area (Å²) in [6, 6.07) is 16.0. The molecule has 2 heterocycles. The molecular weight excluding hydrogens is 306 g/mol. The lowest BCUT2D eigenvalue weighted by Gasteiger charge is -2.13. The number of anilines is 1. The van der Waals surface area contributed by atoms with Crippen LogP contribution < -0.4 is 5.32 Å². The number of carbonyl (C=O) groups is 1. The summed E-state index contributed by atoms with van der Waals surface area (Å²) < 4.78 is 0. The fraction of sp³-hybridized carbons (Fsp3) is 0.167. The van der Waals surface area contributed by atoms with E-state index >= 15 is 0 Å². The molecule has 0 aliphatic carbocycles. The van der Waals surface area contributed by atoms with Crippen LogP contribution in [0.4, 0.5) is 5.69 Å². The Labute approximate surface area is 138 Å². The highest BCUT2D eigenvalue weighted by Gasteiger charge is 2.25. The van der Waals surface area contributed by atoms with Gasteiger partial charge in [0.1, 0.15) is 5.03 Å². The largest absolute Gasteiger partial charge is 0.325 e. The molecule has 4 rings (SSSR count). The predicted octanol–water partition coefficient (Wildman–Crippen LogP) is 3.68. The zero-order valence-electron chi connectivity index (χ0n) is 12.4. The molecule has 2 aromatic carbocycles. The van der Waals surface area contributed by atoms with E-state index in [-0.39, 0.29) is 11.2 Å². The summed E-state index contributed by atoms with van der Waals surface area (Å²) in [7, 11) is 0. The molecule has 1 aliphatic rings. The lowest BCUT2D eigenvalue weighted by atomic mass is 10.1. The van der Waals surface area contributed by atoms with Crippen molar-refractivity contribution in [3.8, 4) is 0 Å². The molecule has 1 N–H and O–H groups in total. The van der Waals surface area contributed by atoms with Crippen LogP contribution in [0.1, 0.15) is 12.0 Å². The normalized spacial score (nSPS) is 17.4. The fourth-order valence-corrected chi connectivity index (χ4v) is 3.91. The van der Waals surface area contributed by atoms with Gasteiger partial charge in [0.2, 0.25) is 5.91 Å². The molecule has 5 heteroatoms. The van der Waals surface area contributed by atoms with Gasteiger partial charge >= 0.3 is 0 Å². The smallest absolute Gasteiger partial charge is 0.237 e. The summed E-state index contributed by atoms with van der Waals surface area (Å²) in [5.41, 5.74) is 2.11. The van der Waals surface area contributed by atoms with Gasteiger partial charge in [-0.25, -0.2) is 0 Å². The summed E-state index contributed by atoms with van der Waals surface area (Å²) in [4.78, 5) is 12.5. The van der Waals surface area contributed by atoms with Gasteiger partial charge in [-0.2, -0.15) is 5.10 Å². The Bertz CT molecular complexity index is 876. The van der Waals surface area contributed by atoms with Gasteiger partial charge < -0.3 is 5.32 Å². The van der Waals surface area contributed by atoms with Crippen LogP contribution in [0.3, 0.4) is 0 Å². The monoisotopic (exact) mass is 321 g/mol. The molecular formula is C18H15N3OS. The van der Waals surface area contributed by atoms with Crippen LogP contribution >= 0.6 is 11.8 Å². The first kappa shape index (κ1) is 14.2. The molecule has 0 bridgehead atoms. The molecule has 114 valence electrons. The highest BCUT2D eigenvalue weighted by molar-refractivity contribution is 8.00. The Balaban J connectivity index is 1.63. The second kappa shape index (κ2) is 6.01. The molecule has 1 atom stereocenters. The minimum Gasteiger partial charge on any atom is -0.325 e. The number of para-hydroxylation sites is 1. The van der Waals surface area contributed by atoms with Crippen molar-refractivity contribution in [3.63, 3.8) is 0 Å². The number of benzene rings is 2.